The molecule has 3 heteroatoms. The van der Waals surface area contributed by atoms with E-state index in [1.54, 1.807) is 0 Å². The van der Waals surface area contributed by atoms with E-state index in [0.717, 1.165) is 50.2 Å². The number of rotatable bonds is 5. The van der Waals surface area contributed by atoms with Crippen LogP contribution in [0, 0.1) is 0 Å². The summed E-state index contributed by atoms with van der Waals surface area (Å²) in [6.07, 6.45) is 0. The van der Waals surface area contributed by atoms with Gasteiger partial charge in [-0.25, -0.2) is 0 Å². The Morgan fingerprint density at radius 2 is 0.962 bits per heavy atom. The molecule has 11 rings (SSSR count). The van der Waals surface area contributed by atoms with E-state index in [9.17, 15) is 0 Å². The summed E-state index contributed by atoms with van der Waals surface area (Å²) in [5.74, 6) is 0. The summed E-state index contributed by atoms with van der Waals surface area (Å²) < 4.78 is 8.56. The van der Waals surface area contributed by atoms with Crippen LogP contribution in [0.3, 0.4) is 0 Å². The van der Waals surface area contributed by atoms with Crippen molar-refractivity contribution >= 4 is 82.4 Å². The lowest BCUT2D eigenvalue weighted by molar-refractivity contribution is 0.669. The van der Waals surface area contributed by atoms with Crippen LogP contribution in [0.4, 0.5) is 17.1 Å². The van der Waals surface area contributed by atoms with Crippen LogP contribution in [0.15, 0.2) is 199 Å². The lowest BCUT2D eigenvalue weighted by atomic mass is 10.00. The summed E-state index contributed by atoms with van der Waals surface area (Å²) in [5, 5.41) is 9.69. The van der Waals surface area contributed by atoms with Gasteiger partial charge in [0.15, 0.2) is 0 Å². The molecule has 0 atom stereocenters. The minimum absolute atomic E-state index is 0.909. The molecule has 2 heterocycles. The molecular weight excluding hydrogens is 645 g/mol. The Hall–Kier alpha value is -7.10. The second-order valence-electron chi connectivity index (χ2n) is 13.8. The van der Waals surface area contributed by atoms with Gasteiger partial charge in [0.1, 0.15) is 11.2 Å². The number of para-hydroxylation sites is 3. The van der Waals surface area contributed by atoms with Gasteiger partial charge in [-0.1, -0.05) is 115 Å². The Morgan fingerprint density at radius 3 is 1.81 bits per heavy atom. The Kier molecular flexibility index (Phi) is 6.55. The summed E-state index contributed by atoms with van der Waals surface area (Å²) in [6.45, 7) is 0. The van der Waals surface area contributed by atoms with Crippen molar-refractivity contribution in [2.45, 2.75) is 0 Å². The van der Waals surface area contributed by atoms with Crippen molar-refractivity contribution in [3.05, 3.63) is 194 Å². The van der Waals surface area contributed by atoms with Crippen molar-refractivity contribution in [1.82, 2.24) is 4.57 Å². The molecule has 3 nitrogen and oxygen atoms in total. The van der Waals surface area contributed by atoms with Gasteiger partial charge in [-0.05, 0) is 112 Å². The van der Waals surface area contributed by atoms with Gasteiger partial charge in [-0.15, -0.1) is 0 Å². The predicted octanol–water partition coefficient (Wildman–Crippen LogP) is 14.1. The maximum Gasteiger partial charge on any atom is 0.135 e. The highest BCUT2D eigenvalue weighted by molar-refractivity contribution is 6.13. The van der Waals surface area contributed by atoms with E-state index in [0.29, 0.717) is 0 Å². The zero-order valence-electron chi connectivity index (χ0n) is 28.8. The fourth-order valence-electron chi connectivity index (χ4n) is 8.24. The zero-order chi connectivity index (χ0) is 34.9. The van der Waals surface area contributed by atoms with Gasteiger partial charge in [-0.3, -0.25) is 0 Å². The van der Waals surface area contributed by atoms with E-state index in [1.165, 1.54) is 49.0 Å². The standard InChI is InChI=1S/C50H32N2O/c1-3-12-37(13-4-1)51(39-24-21-34-20-19-33-11-7-8-16-41(33)44(34)31-39)40-25-26-42-45-29-35(22-27-47(45)52(48(42)32-40)38-14-5-2-6-15-38)36-23-28-50-46(30-36)43-17-9-10-18-49(43)53-50/h1-32H. The number of hydrogen-bond acceptors (Lipinski definition) is 2. The Balaban J connectivity index is 1.13. The van der Waals surface area contributed by atoms with E-state index in [4.69, 9.17) is 4.42 Å². The van der Waals surface area contributed by atoms with Gasteiger partial charge in [0, 0.05) is 44.3 Å². The summed E-state index contributed by atoms with van der Waals surface area (Å²) in [4.78, 5) is 2.38. The van der Waals surface area contributed by atoms with Crippen molar-refractivity contribution < 1.29 is 4.42 Å². The molecule has 248 valence electrons. The van der Waals surface area contributed by atoms with E-state index in [2.05, 4.69) is 191 Å². The predicted molar refractivity (Wildman–Crippen MR) is 223 cm³/mol. The molecule has 0 amide bonds. The van der Waals surface area contributed by atoms with E-state index < -0.39 is 0 Å². The average molecular weight is 677 g/mol. The van der Waals surface area contributed by atoms with Crippen LogP contribution in [-0.2, 0) is 0 Å². The van der Waals surface area contributed by atoms with E-state index in [1.807, 2.05) is 12.1 Å². The second kappa shape index (κ2) is 11.7. The molecule has 9 aromatic carbocycles. The minimum Gasteiger partial charge on any atom is -0.456 e. The largest absolute Gasteiger partial charge is 0.456 e. The lowest BCUT2D eigenvalue weighted by Crippen LogP contribution is -2.10. The zero-order valence-corrected chi connectivity index (χ0v) is 28.8. The summed E-state index contributed by atoms with van der Waals surface area (Å²) >= 11 is 0. The fraction of sp³-hybridized carbons (Fsp3) is 0. The SMILES string of the molecule is c1ccc(N(c2ccc3ccc4ccccc4c3c2)c2ccc3c4cc(-c5ccc6oc7ccccc7c6c5)ccc4n(-c4ccccc4)c3c2)cc1. The Bertz CT molecular complexity index is 3170. The van der Waals surface area contributed by atoms with Crippen LogP contribution in [0.5, 0.6) is 0 Å². The fourth-order valence-corrected chi connectivity index (χ4v) is 8.24. The number of furan rings is 1. The third kappa shape index (κ3) is 4.75. The van der Waals surface area contributed by atoms with Crippen molar-refractivity contribution in [2.75, 3.05) is 4.90 Å². The Labute approximate surface area is 306 Å². The van der Waals surface area contributed by atoms with Crippen LogP contribution in [0.25, 0.3) is 82.1 Å². The van der Waals surface area contributed by atoms with Crippen molar-refractivity contribution in [3.8, 4) is 16.8 Å². The van der Waals surface area contributed by atoms with Crippen LogP contribution >= 0.6 is 0 Å². The first kappa shape index (κ1) is 29.6. The molecular formula is C50H32N2O. The van der Waals surface area contributed by atoms with E-state index >= 15 is 0 Å². The van der Waals surface area contributed by atoms with Crippen molar-refractivity contribution in [1.29, 1.82) is 0 Å². The summed E-state index contributed by atoms with van der Waals surface area (Å²) in [6, 6.07) is 69.9. The van der Waals surface area contributed by atoms with Crippen LogP contribution in [-0.4, -0.2) is 4.57 Å². The highest BCUT2D eigenvalue weighted by Gasteiger charge is 2.19. The molecule has 0 fully saturated rings. The minimum atomic E-state index is 0.909. The molecule has 0 N–H and O–H groups in total. The molecule has 0 bridgehead atoms. The third-order valence-electron chi connectivity index (χ3n) is 10.7. The molecule has 0 saturated carbocycles. The molecule has 11 aromatic rings. The highest BCUT2D eigenvalue weighted by atomic mass is 16.3. The van der Waals surface area contributed by atoms with Crippen molar-refractivity contribution in [2.24, 2.45) is 0 Å². The van der Waals surface area contributed by atoms with Crippen molar-refractivity contribution in [3.63, 3.8) is 0 Å². The van der Waals surface area contributed by atoms with Gasteiger partial charge in [0.25, 0.3) is 0 Å². The topological polar surface area (TPSA) is 21.3 Å². The van der Waals surface area contributed by atoms with Crippen LogP contribution in [0.1, 0.15) is 0 Å². The number of aromatic nitrogens is 1. The molecule has 0 aliphatic heterocycles. The van der Waals surface area contributed by atoms with E-state index in [-0.39, 0.29) is 0 Å². The second-order valence-corrected chi connectivity index (χ2v) is 13.8. The first-order chi connectivity index (χ1) is 26.3. The molecule has 0 aliphatic carbocycles. The molecule has 0 unspecified atom stereocenters. The van der Waals surface area contributed by atoms with Gasteiger partial charge < -0.3 is 13.9 Å². The summed E-state index contributed by atoms with van der Waals surface area (Å²) in [7, 11) is 0. The van der Waals surface area contributed by atoms with Gasteiger partial charge in [0.2, 0.25) is 0 Å². The first-order valence-electron chi connectivity index (χ1n) is 18.1. The molecule has 0 saturated heterocycles. The van der Waals surface area contributed by atoms with Crippen LogP contribution < -0.4 is 4.90 Å². The molecule has 2 aromatic heterocycles. The maximum atomic E-state index is 6.15. The number of anilines is 3. The monoisotopic (exact) mass is 676 g/mol. The molecule has 0 radical (unpaired) electrons. The maximum absolute atomic E-state index is 6.15. The van der Waals surface area contributed by atoms with Gasteiger partial charge >= 0.3 is 0 Å². The van der Waals surface area contributed by atoms with Crippen LogP contribution in [0.2, 0.25) is 0 Å². The molecule has 0 aliphatic rings. The summed E-state index contributed by atoms with van der Waals surface area (Å²) in [5.41, 5.74) is 11.0. The van der Waals surface area contributed by atoms with Gasteiger partial charge in [0.05, 0.1) is 11.0 Å². The smallest absolute Gasteiger partial charge is 0.135 e. The number of fused-ring (bicyclic) bond motifs is 9. The number of nitrogens with zero attached hydrogens (tertiary/aromatic N) is 2. The lowest BCUT2D eigenvalue weighted by Gasteiger charge is -2.26. The number of hydrogen-bond donors (Lipinski definition) is 0. The molecule has 53 heavy (non-hydrogen) atoms. The average Bonchev–Trinajstić information content (AvgIpc) is 3.76. The highest BCUT2D eigenvalue weighted by Crippen LogP contribution is 2.42. The van der Waals surface area contributed by atoms with Gasteiger partial charge in [-0.2, -0.15) is 0 Å². The molecule has 0 spiro atoms. The normalized spacial score (nSPS) is 11.8. The number of benzene rings is 9. The Morgan fingerprint density at radius 1 is 0.340 bits per heavy atom. The third-order valence-corrected chi connectivity index (χ3v) is 10.7. The quantitative estimate of drug-likeness (QED) is 0.169. The first-order valence-corrected chi connectivity index (χ1v) is 18.1.